The molecule has 0 radical (unpaired) electrons. The van der Waals surface area contributed by atoms with E-state index in [-0.39, 0.29) is 17.9 Å². The lowest BCUT2D eigenvalue weighted by atomic mass is 9.79. The molecule has 7 nitrogen and oxygen atoms in total. The van der Waals surface area contributed by atoms with Gasteiger partial charge in [0, 0.05) is 23.0 Å². The first-order valence-electron chi connectivity index (χ1n) is 9.27. The van der Waals surface area contributed by atoms with Gasteiger partial charge in [-0.05, 0) is 43.7 Å². The van der Waals surface area contributed by atoms with Crippen molar-refractivity contribution in [2.45, 2.75) is 31.0 Å². The molecule has 7 heteroatoms. The van der Waals surface area contributed by atoms with Gasteiger partial charge in [0.25, 0.3) is 0 Å². The molecule has 4 unspecified atom stereocenters. The topological polar surface area (TPSA) is 99.7 Å². The highest BCUT2D eigenvalue weighted by atomic mass is 16.5. The van der Waals surface area contributed by atoms with Crippen molar-refractivity contribution in [2.75, 3.05) is 17.7 Å². The van der Waals surface area contributed by atoms with Gasteiger partial charge in [-0.2, -0.15) is 0 Å². The van der Waals surface area contributed by atoms with Crippen LogP contribution in [0.25, 0.3) is 0 Å². The molecule has 2 aliphatic heterocycles. The number of aliphatic hydroxyl groups is 1. The van der Waals surface area contributed by atoms with E-state index in [0.717, 1.165) is 5.56 Å². The van der Waals surface area contributed by atoms with Crippen molar-refractivity contribution in [1.29, 1.82) is 0 Å². The van der Waals surface area contributed by atoms with Crippen molar-refractivity contribution >= 4 is 23.2 Å². The first-order chi connectivity index (χ1) is 13.5. The van der Waals surface area contributed by atoms with E-state index in [0.29, 0.717) is 23.5 Å². The van der Waals surface area contributed by atoms with Crippen molar-refractivity contribution in [3.8, 4) is 5.75 Å². The third-order valence-electron chi connectivity index (χ3n) is 5.64. The highest BCUT2D eigenvalue weighted by molar-refractivity contribution is 6.10. The second kappa shape index (κ2) is 6.92. The third kappa shape index (κ3) is 2.83. The molecule has 2 aliphatic rings. The molecular weight excluding hydrogens is 358 g/mol. The fraction of sp³-hybridized carbons (Fsp3) is 0.333. The van der Waals surface area contributed by atoms with Gasteiger partial charge in [0.2, 0.25) is 11.8 Å². The van der Waals surface area contributed by atoms with Crippen LogP contribution in [0.1, 0.15) is 18.9 Å². The van der Waals surface area contributed by atoms with E-state index in [1.165, 1.54) is 0 Å². The van der Waals surface area contributed by atoms with Crippen molar-refractivity contribution in [2.24, 2.45) is 5.92 Å². The van der Waals surface area contributed by atoms with Crippen LogP contribution in [-0.4, -0.2) is 36.2 Å². The molecule has 2 aromatic carbocycles. The smallest absolute Gasteiger partial charge is 0.250 e. The van der Waals surface area contributed by atoms with Crippen LogP contribution in [0.3, 0.4) is 0 Å². The van der Waals surface area contributed by atoms with E-state index in [1.54, 1.807) is 38.3 Å². The maximum atomic E-state index is 13.2. The maximum Gasteiger partial charge on any atom is 0.250 e. The van der Waals surface area contributed by atoms with E-state index in [4.69, 9.17) is 4.74 Å². The van der Waals surface area contributed by atoms with Gasteiger partial charge in [0.05, 0.1) is 19.1 Å². The van der Waals surface area contributed by atoms with Crippen LogP contribution in [0.15, 0.2) is 48.5 Å². The summed E-state index contributed by atoms with van der Waals surface area (Å²) in [6, 6.07) is 14.0. The fourth-order valence-corrected chi connectivity index (χ4v) is 4.18. The number of methoxy groups -OCH3 is 1. The Bertz CT molecular complexity index is 912. The number of ether oxygens (including phenoxy) is 1. The first-order valence-corrected chi connectivity index (χ1v) is 9.27. The molecule has 1 saturated heterocycles. The number of amides is 2. The molecule has 4 N–H and O–H groups in total. The lowest BCUT2D eigenvalue weighted by Crippen LogP contribution is -2.53. The highest BCUT2D eigenvalue weighted by Crippen LogP contribution is 2.47. The maximum absolute atomic E-state index is 13.2. The summed E-state index contributed by atoms with van der Waals surface area (Å²) < 4.78 is 5.14. The molecule has 2 heterocycles. The van der Waals surface area contributed by atoms with Crippen LogP contribution < -0.4 is 20.7 Å². The van der Waals surface area contributed by atoms with Crippen LogP contribution in [0.4, 0.5) is 11.4 Å². The summed E-state index contributed by atoms with van der Waals surface area (Å²) in [6.45, 7) is 1.66. The summed E-state index contributed by atoms with van der Waals surface area (Å²) in [5.74, 6) is -0.521. The Hall–Kier alpha value is -2.90. The Morgan fingerprint density at radius 2 is 1.96 bits per heavy atom. The molecule has 146 valence electrons. The zero-order chi connectivity index (χ0) is 19.9. The quantitative estimate of drug-likeness (QED) is 0.648. The molecule has 4 rings (SSSR count). The molecule has 0 saturated carbocycles. The van der Waals surface area contributed by atoms with Gasteiger partial charge in [0.1, 0.15) is 11.3 Å². The molecule has 28 heavy (non-hydrogen) atoms. The normalized spacial score (nSPS) is 26.6. The molecule has 0 aromatic heterocycles. The minimum atomic E-state index is -1.20. The lowest BCUT2D eigenvalue weighted by molar-refractivity contribution is -0.130. The molecule has 4 atom stereocenters. The van der Waals surface area contributed by atoms with Gasteiger partial charge in [-0.15, -0.1) is 0 Å². The number of carbonyl (C=O) groups excluding carboxylic acids is 2. The Labute approximate surface area is 163 Å². The number of hydrogen-bond donors (Lipinski definition) is 4. The minimum absolute atomic E-state index is 0.271. The molecule has 1 spiro atoms. The van der Waals surface area contributed by atoms with E-state index in [1.807, 2.05) is 24.3 Å². The van der Waals surface area contributed by atoms with Crippen molar-refractivity contribution < 1.29 is 19.4 Å². The van der Waals surface area contributed by atoms with Gasteiger partial charge >= 0.3 is 0 Å². The number of aliphatic hydroxyl groups excluding tert-OH is 1. The van der Waals surface area contributed by atoms with Crippen molar-refractivity contribution in [3.05, 3.63) is 54.1 Å². The second-order valence-electron chi connectivity index (χ2n) is 7.31. The van der Waals surface area contributed by atoms with Crippen molar-refractivity contribution in [1.82, 2.24) is 5.32 Å². The summed E-state index contributed by atoms with van der Waals surface area (Å²) in [6.07, 6.45) is -0.349. The molecule has 2 aromatic rings. The molecule has 0 bridgehead atoms. The number of hydrogen-bond acceptors (Lipinski definition) is 5. The average molecular weight is 381 g/mol. The number of rotatable bonds is 4. The zero-order valence-corrected chi connectivity index (χ0v) is 15.7. The monoisotopic (exact) mass is 381 g/mol. The zero-order valence-electron chi connectivity index (χ0n) is 15.7. The van der Waals surface area contributed by atoms with Crippen LogP contribution in [0.5, 0.6) is 5.75 Å². The third-order valence-corrected chi connectivity index (χ3v) is 5.64. The Morgan fingerprint density at radius 3 is 2.64 bits per heavy atom. The number of carbonyl (C=O) groups is 2. The van der Waals surface area contributed by atoms with Gasteiger partial charge in [-0.1, -0.05) is 18.2 Å². The number of anilines is 2. The molecule has 2 amide bonds. The highest BCUT2D eigenvalue weighted by Gasteiger charge is 2.60. The predicted molar refractivity (Wildman–Crippen MR) is 105 cm³/mol. The van der Waals surface area contributed by atoms with E-state index in [2.05, 4.69) is 16.0 Å². The average Bonchev–Trinajstić information content (AvgIpc) is 3.23. The summed E-state index contributed by atoms with van der Waals surface area (Å²) in [5.41, 5.74) is 0.842. The van der Waals surface area contributed by atoms with Crippen LogP contribution in [0.2, 0.25) is 0 Å². The molecular formula is C21H23N3O4. The Morgan fingerprint density at radius 1 is 1.25 bits per heavy atom. The minimum Gasteiger partial charge on any atom is -0.497 e. The largest absolute Gasteiger partial charge is 0.497 e. The number of nitrogens with one attached hydrogen (secondary N) is 3. The fourth-order valence-electron chi connectivity index (χ4n) is 4.18. The van der Waals surface area contributed by atoms with Gasteiger partial charge in [-0.25, -0.2) is 0 Å². The summed E-state index contributed by atoms with van der Waals surface area (Å²) in [7, 11) is 1.58. The van der Waals surface area contributed by atoms with Crippen molar-refractivity contribution in [3.63, 3.8) is 0 Å². The number of fused-ring (bicyclic) bond motifs is 2. The molecule has 1 fully saturated rings. The lowest BCUT2D eigenvalue weighted by Gasteiger charge is -2.29. The SMILES string of the molecule is COc1ccc(NC(=O)C2CC(C(C)O)NC23C(=O)Nc2ccccc23)cc1. The summed E-state index contributed by atoms with van der Waals surface area (Å²) in [4.78, 5) is 26.2. The molecule has 0 aliphatic carbocycles. The van der Waals surface area contributed by atoms with Crippen LogP contribution in [0, 0.1) is 5.92 Å². The van der Waals surface area contributed by atoms with E-state index >= 15 is 0 Å². The Balaban J connectivity index is 1.69. The predicted octanol–water partition coefficient (Wildman–Crippen LogP) is 1.84. The van der Waals surface area contributed by atoms with Crippen LogP contribution in [-0.2, 0) is 15.1 Å². The second-order valence-corrected chi connectivity index (χ2v) is 7.31. The van der Waals surface area contributed by atoms with E-state index < -0.39 is 17.6 Å². The van der Waals surface area contributed by atoms with Crippen LogP contribution >= 0.6 is 0 Å². The van der Waals surface area contributed by atoms with Gasteiger partial charge < -0.3 is 20.5 Å². The number of benzene rings is 2. The first kappa shape index (κ1) is 18.5. The van der Waals surface area contributed by atoms with Gasteiger partial charge in [-0.3, -0.25) is 14.9 Å². The Kier molecular flexibility index (Phi) is 4.56. The summed E-state index contributed by atoms with van der Waals surface area (Å²) >= 11 is 0. The van der Waals surface area contributed by atoms with E-state index in [9.17, 15) is 14.7 Å². The number of para-hydroxylation sites is 1. The standard InChI is InChI=1S/C21H23N3O4/c1-12(25)18-11-16(19(26)22-13-7-9-14(28-2)10-8-13)21(24-18)15-5-3-4-6-17(15)23-20(21)27/h3-10,12,16,18,24-25H,11H2,1-2H3,(H,22,26)(H,23,27). The van der Waals surface area contributed by atoms with Gasteiger partial charge in [0.15, 0.2) is 0 Å². The summed E-state index contributed by atoms with van der Waals surface area (Å²) in [5, 5.41) is 19.2.